The predicted octanol–water partition coefficient (Wildman–Crippen LogP) is 1.80. The standard InChI is InChI=1S/C16H22N2O3/c1-17-10-15(21-2)14(19)8-13(17)16(20)18(9-11-6-7-11)12-4-3-5-12/h8,10-12H,3-7,9H2,1-2H3. The lowest BCUT2D eigenvalue weighted by atomic mass is 9.91. The van der Waals surface area contributed by atoms with Gasteiger partial charge >= 0.3 is 0 Å². The molecule has 21 heavy (non-hydrogen) atoms. The molecule has 0 atom stereocenters. The van der Waals surface area contributed by atoms with Crippen LogP contribution in [0.1, 0.15) is 42.6 Å². The Labute approximate surface area is 124 Å². The summed E-state index contributed by atoms with van der Waals surface area (Å²) in [6.07, 6.45) is 7.40. The summed E-state index contributed by atoms with van der Waals surface area (Å²) in [7, 11) is 3.25. The number of hydrogen-bond acceptors (Lipinski definition) is 3. The molecule has 1 heterocycles. The highest BCUT2D eigenvalue weighted by molar-refractivity contribution is 5.93. The predicted molar refractivity (Wildman–Crippen MR) is 79.6 cm³/mol. The minimum atomic E-state index is -0.237. The molecular weight excluding hydrogens is 268 g/mol. The normalized spacial score (nSPS) is 18.2. The number of ether oxygens (including phenoxy) is 1. The van der Waals surface area contributed by atoms with Crippen LogP contribution in [0.5, 0.6) is 5.75 Å². The summed E-state index contributed by atoms with van der Waals surface area (Å²) in [5, 5.41) is 0. The first-order valence-electron chi connectivity index (χ1n) is 7.65. The van der Waals surface area contributed by atoms with E-state index in [1.807, 2.05) is 4.90 Å². The second kappa shape index (κ2) is 5.54. The highest BCUT2D eigenvalue weighted by atomic mass is 16.5. The van der Waals surface area contributed by atoms with Crippen molar-refractivity contribution >= 4 is 5.91 Å². The first-order valence-corrected chi connectivity index (χ1v) is 7.65. The number of aryl methyl sites for hydroxylation is 1. The molecule has 0 bridgehead atoms. The quantitative estimate of drug-likeness (QED) is 0.831. The van der Waals surface area contributed by atoms with Crippen molar-refractivity contribution in [3.8, 4) is 5.75 Å². The van der Waals surface area contributed by atoms with Gasteiger partial charge in [0, 0.05) is 25.7 Å². The minimum Gasteiger partial charge on any atom is -0.491 e. The van der Waals surface area contributed by atoms with Gasteiger partial charge in [0.1, 0.15) is 5.69 Å². The van der Waals surface area contributed by atoms with Gasteiger partial charge in [-0.05, 0) is 38.0 Å². The fourth-order valence-corrected chi connectivity index (χ4v) is 2.79. The zero-order chi connectivity index (χ0) is 15.0. The molecule has 0 radical (unpaired) electrons. The fourth-order valence-electron chi connectivity index (χ4n) is 2.79. The Kier molecular flexibility index (Phi) is 3.74. The number of pyridine rings is 1. The first-order chi connectivity index (χ1) is 10.1. The van der Waals surface area contributed by atoms with Crippen molar-refractivity contribution in [3.05, 3.63) is 28.2 Å². The van der Waals surface area contributed by atoms with Crippen molar-refractivity contribution in [2.24, 2.45) is 13.0 Å². The van der Waals surface area contributed by atoms with E-state index < -0.39 is 0 Å². The van der Waals surface area contributed by atoms with E-state index in [2.05, 4.69) is 0 Å². The van der Waals surface area contributed by atoms with Crippen LogP contribution in [0.2, 0.25) is 0 Å². The van der Waals surface area contributed by atoms with Crippen LogP contribution in [-0.4, -0.2) is 35.1 Å². The van der Waals surface area contributed by atoms with Crippen molar-refractivity contribution in [3.63, 3.8) is 0 Å². The van der Waals surface area contributed by atoms with E-state index in [1.54, 1.807) is 17.8 Å². The molecule has 2 fully saturated rings. The molecule has 1 amide bonds. The number of carbonyl (C=O) groups is 1. The van der Waals surface area contributed by atoms with Crippen LogP contribution in [-0.2, 0) is 7.05 Å². The molecule has 1 aromatic rings. The van der Waals surface area contributed by atoms with Crippen molar-refractivity contribution in [1.29, 1.82) is 0 Å². The molecule has 2 saturated carbocycles. The van der Waals surface area contributed by atoms with Crippen LogP contribution in [0.25, 0.3) is 0 Å². The molecule has 3 rings (SSSR count). The molecule has 0 aliphatic heterocycles. The first kappa shape index (κ1) is 14.2. The number of hydrogen-bond donors (Lipinski definition) is 0. The van der Waals surface area contributed by atoms with Crippen LogP contribution in [0.15, 0.2) is 17.1 Å². The summed E-state index contributed by atoms with van der Waals surface area (Å²) in [5.74, 6) is 0.908. The molecular formula is C16H22N2O3. The molecule has 0 saturated heterocycles. The molecule has 0 N–H and O–H groups in total. The molecule has 2 aliphatic rings. The topological polar surface area (TPSA) is 51.5 Å². The van der Waals surface area contributed by atoms with Crippen molar-refractivity contribution in [2.75, 3.05) is 13.7 Å². The van der Waals surface area contributed by atoms with E-state index in [0.29, 0.717) is 17.7 Å². The SMILES string of the molecule is COc1cn(C)c(C(=O)N(CC2CC2)C2CCC2)cc1=O. The van der Waals surface area contributed by atoms with E-state index in [1.165, 1.54) is 32.4 Å². The minimum absolute atomic E-state index is 0.0196. The number of carbonyl (C=O) groups excluding carboxylic acids is 1. The van der Waals surface area contributed by atoms with E-state index in [-0.39, 0.29) is 17.1 Å². The highest BCUT2D eigenvalue weighted by Crippen LogP contribution is 2.34. The van der Waals surface area contributed by atoms with E-state index in [4.69, 9.17) is 4.74 Å². The van der Waals surface area contributed by atoms with E-state index >= 15 is 0 Å². The van der Waals surface area contributed by atoms with Crippen LogP contribution in [0.3, 0.4) is 0 Å². The average molecular weight is 290 g/mol. The van der Waals surface area contributed by atoms with Crippen molar-refractivity contribution < 1.29 is 9.53 Å². The average Bonchev–Trinajstić information content (AvgIpc) is 3.21. The van der Waals surface area contributed by atoms with Gasteiger partial charge in [0.2, 0.25) is 5.43 Å². The van der Waals surface area contributed by atoms with Gasteiger partial charge in [-0.1, -0.05) is 0 Å². The van der Waals surface area contributed by atoms with Crippen molar-refractivity contribution in [1.82, 2.24) is 9.47 Å². The van der Waals surface area contributed by atoms with Crippen molar-refractivity contribution in [2.45, 2.75) is 38.1 Å². The Hall–Kier alpha value is -1.78. The summed E-state index contributed by atoms with van der Waals surface area (Å²) in [6.45, 7) is 0.837. The molecule has 114 valence electrons. The van der Waals surface area contributed by atoms with Gasteiger partial charge in [0.25, 0.3) is 5.91 Å². The second-order valence-electron chi connectivity index (χ2n) is 6.19. The smallest absolute Gasteiger partial charge is 0.270 e. The van der Waals surface area contributed by atoms with Gasteiger partial charge in [-0.2, -0.15) is 0 Å². The molecule has 2 aliphatic carbocycles. The van der Waals surface area contributed by atoms with Gasteiger partial charge in [0.05, 0.1) is 13.3 Å². The fraction of sp³-hybridized carbons (Fsp3) is 0.625. The summed E-state index contributed by atoms with van der Waals surface area (Å²) < 4.78 is 6.71. The molecule has 0 spiro atoms. The monoisotopic (exact) mass is 290 g/mol. The van der Waals surface area contributed by atoms with Gasteiger partial charge in [0.15, 0.2) is 5.75 Å². The van der Waals surface area contributed by atoms with Gasteiger partial charge < -0.3 is 14.2 Å². The molecule has 1 aromatic heterocycles. The van der Waals surface area contributed by atoms with Gasteiger partial charge in [-0.3, -0.25) is 9.59 Å². The largest absolute Gasteiger partial charge is 0.491 e. The number of nitrogens with zero attached hydrogens (tertiary/aromatic N) is 2. The summed E-state index contributed by atoms with van der Waals surface area (Å²) >= 11 is 0. The maximum Gasteiger partial charge on any atom is 0.270 e. The molecule has 0 aromatic carbocycles. The Morgan fingerprint density at radius 2 is 2.10 bits per heavy atom. The van der Waals surface area contributed by atoms with E-state index in [0.717, 1.165) is 19.4 Å². The zero-order valence-electron chi connectivity index (χ0n) is 12.7. The summed E-state index contributed by atoms with van der Waals surface area (Å²) in [5.41, 5.74) is 0.215. The van der Waals surface area contributed by atoms with Gasteiger partial charge in [-0.15, -0.1) is 0 Å². The Bertz CT molecular complexity index is 600. The summed E-state index contributed by atoms with van der Waals surface area (Å²) in [4.78, 5) is 26.8. The van der Waals surface area contributed by atoms with Crippen LogP contribution < -0.4 is 10.2 Å². The lowest BCUT2D eigenvalue weighted by Crippen LogP contribution is -2.46. The molecule has 5 nitrogen and oxygen atoms in total. The Morgan fingerprint density at radius 3 is 2.62 bits per heavy atom. The van der Waals surface area contributed by atoms with Crippen LogP contribution in [0.4, 0.5) is 0 Å². The number of methoxy groups -OCH3 is 1. The Balaban J connectivity index is 1.87. The summed E-state index contributed by atoms with van der Waals surface area (Å²) in [6, 6.07) is 1.76. The van der Waals surface area contributed by atoms with E-state index in [9.17, 15) is 9.59 Å². The third-order valence-electron chi connectivity index (χ3n) is 4.57. The number of amides is 1. The molecule has 5 heteroatoms. The van der Waals surface area contributed by atoms with Crippen LogP contribution >= 0.6 is 0 Å². The number of aromatic nitrogens is 1. The highest BCUT2D eigenvalue weighted by Gasteiger charge is 2.35. The lowest BCUT2D eigenvalue weighted by Gasteiger charge is -2.38. The lowest BCUT2D eigenvalue weighted by molar-refractivity contribution is 0.0555. The maximum absolute atomic E-state index is 12.8. The van der Waals surface area contributed by atoms with Crippen LogP contribution in [0, 0.1) is 5.92 Å². The second-order valence-corrected chi connectivity index (χ2v) is 6.19. The third kappa shape index (κ3) is 2.82. The zero-order valence-corrected chi connectivity index (χ0v) is 12.7. The Morgan fingerprint density at radius 1 is 1.38 bits per heavy atom. The van der Waals surface area contributed by atoms with Gasteiger partial charge in [-0.25, -0.2) is 0 Å². The maximum atomic E-state index is 12.8. The molecule has 0 unspecified atom stereocenters. The third-order valence-corrected chi connectivity index (χ3v) is 4.57. The number of rotatable bonds is 5.